The summed E-state index contributed by atoms with van der Waals surface area (Å²) in [5.41, 5.74) is -1.60. The van der Waals surface area contributed by atoms with E-state index in [0.717, 1.165) is 24.6 Å². The van der Waals surface area contributed by atoms with Crippen LogP contribution in [-0.2, 0) is 15.8 Å². The van der Waals surface area contributed by atoms with Gasteiger partial charge in [-0.3, -0.25) is 14.4 Å². The number of anilines is 2. The van der Waals surface area contributed by atoms with Crippen molar-refractivity contribution in [3.05, 3.63) is 45.7 Å². The molecule has 1 aliphatic rings. The van der Waals surface area contributed by atoms with Crippen molar-refractivity contribution in [2.45, 2.75) is 37.0 Å². The first-order chi connectivity index (χ1) is 13.7. The zero-order valence-electron chi connectivity index (χ0n) is 15.2. The second kappa shape index (κ2) is 8.27. The SMILES string of the molecule is CCCSc1nc2c(c(=O)[nH]1)C(C(=O)Nc1cccc(C(F)(F)F)c1)CC(=O)N2. The van der Waals surface area contributed by atoms with E-state index < -0.39 is 35.0 Å². The minimum Gasteiger partial charge on any atom is -0.326 e. The van der Waals surface area contributed by atoms with Crippen LogP contribution in [0.4, 0.5) is 24.7 Å². The Balaban J connectivity index is 1.89. The minimum absolute atomic E-state index is 0.00667. The summed E-state index contributed by atoms with van der Waals surface area (Å²) in [7, 11) is 0. The molecule has 0 bridgehead atoms. The molecule has 1 aromatic carbocycles. The molecule has 29 heavy (non-hydrogen) atoms. The average Bonchev–Trinajstić information content (AvgIpc) is 2.64. The molecule has 7 nitrogen and oxygen atoms in total. The van der Waals surface area contributed by atoms with Crippen LogP contribution in [0.15, 0.2) is 34.2 Å². The first-order valence-electron chi connectivity index (χ1n) is 8.74. The lowest BCUT2D eigenvalue weighted by Gasteiger charge is -2.23. The van der Waals surface area contributed by atoms with Crippen LogP contribution in [0.2, 0.25) is 0 Å². The Morgan fingerprint density at radius 1 is 1.34 bits per heavy atom. The Morgan fingerprint density at radius 2 is 2.10 bits per heavy atom. The van der Waals surface area contributed by atoms with Gasteiger partial charge in [-0.05, 0) is 24.6 Å². The molecular weight excluding hydrogens is 409 g/mol. The van der Waals surface area contributed by atoms with Gasteiger partial charge in [0.15, 0.2) is 5.16 Å². The molecule has 11 heteroatoms. The lowest BCUT2D eigenvalue weighted by molar-refractivity contribution is -0.137. The quantitative estimate of drug-likeness (QED) is 0.503. The topological polar surface area (TPSA) is 104 Å². The molecule has 154 valence electrons. The number of carbonyl (C=O) groups is 2. The Bertz CT molecular complexity index is 1010. The number of nitrogens with one attached hydrogen (secondary N) is 3. The van der Waals surface area contributed by atoms with E-state index in [0.29, 0.717) is 10.9 Å². The molecule has 0 fully saturated rings. The number of fused-ring (bicyclic) bond motifs is 1. The van der Waals surface area contributed by atoms with E-state index in [4.69, 9.17) is 0 Å². The summed E-state index contributed by atoms with van der Waals surface area (Å²) in [5, 5.41) is 5.15. The maximum atomic E-state index is 12.9. The van der Waals surface area contributed by atoms with Crippen molar-refractivity contribution in [2.24, 2.45) is 0 Å². The number of aromatic nitrogens is 2. The molecule has 1 aliphatic heterocycles. The molecule has 0 saturated heterocycles. The van der Waals surface area contributed by atoms with Crippen molar-refractivity contribution in [1.82, 2.24) is 9.97 Å². The van der Waals surface area contributed by atoms with Crippen LogP contribution in [0.1, 0.15) is 36.8 Å². The highest BCUT2D eigenvalue weighted by Crippen LogP contribution is 2.33. The van der Waals surface area contributed by atoms with Crippen LogP contribution in [0.3, 0.4) is 0 Å². The van der Waals surface area contributed by atoms with Gasteiger partial charge in [0.1, 0.15) is 5.82 Å². The fourth-order valence-corrected chi connectivity index (χ4v) is 3.56. The van der Waals surface area contributed by atoms with E-state index in [1.54, 1.807) is 0 Å². The maximum Gasteiger partial charge on any atom is 0.416 e. The van der Waals surface area contributed by atoms with Crippen LogP contribution in [0.5, 0.6) is 0 Å². The smallest absolute Gasteiger partial charge is 0.326 e. The standard InChI is InChI=1S/C18H17F3N4O3S/c1-2-6-29-17-24-14-13(16(28)25-17)11(8-12(26)23-14)15(27)22-10-5-3-4-9(7-10)18(19,20)21/h3-5,7,11H,2,6,8H2,1H3,(H,22,27)(H2,23,24,25,26,28). The number of H-pyrrole nitrogens is 1. The van der Waals surface area contributed by atoms with Gasteiger partial charge in [0.05, 0.1) is 17.0 Å². The van der Waals surface area contributed by atoms with E-state index in [1.807, 2.05) is 6.92 Å². The molecule has 3 N–H and O–H groups in total. The molecule has 1 aromatic heterocycles. The first-order valence-corrected chi connectivity index (χ1v) is 9.72. The van der Waals surface area contributed by atoms with E-state index in [1.165, 1.54) is 17.8 Å². The second-order valence-corrected chi connectivity index (χ2v) is 7.44. The van der Waals surface area contributed by atoms with E-state index in [-0.39, 0.29) is 23.5 Å². The normalized spacial score (nSPS) is 16.1. The lowest BCUT2D eigenvalue weighted by Crippen LogP contribution is -2.36. The third-order valence-corrected chi connectivity index (χ3v) is 5.23. The molecule has 2 aromatic rings. The Kier molecular flexibility index (Phi) is 5.96. The van der Waals surface area contributed by atoms with Crippen LogP contribution >= 0.6 is 11.8 Å². The van der Waals surface area contributed by atoms with Crippen molar-refractivity contribution in [3.8, 4) is 0 Å². The molecule has 1 unspecified atom stereocenters. The molecular formula is C18H17F3N4O3S. The fraction of sp³-hybridized carbons (Fsp3) is 0.333. The highest BCUT2D eigenvalue weighted by Gasteiger charge is 2.35. The lowest BCUT2D eigenvalue weighted by atomic mass is 9.92. The van der Waals surface area contributed by atoms with Gasteiger partial charge >= 0.3 is 6.18 Å². The number of benzene rings is 1. The Hall–Kier alpha value is -2.82. The molecule has 3 rings (SSSR count). The summed E-state index contributed by atoms with van der Waals surface area (Å²) in [6.07, 6.45) is -4.03. The summed E-state index contributed by atoms with van der Waals surface area (Å²) in [6.45, 7) is 1.96. The van der Waals surface area contributed by atoms with E-state index >= 15 is 0 Å². The number of rotatable bonds is 5. The third kappa shape index (κ3) is 4.78. The summed E-state index contributed by atoms with van der Waals surface area (Å²) in [4.78, 5) is 44.0. The zero-order chi connectivity index (χ0) is 21.2. The van der Waals surface area contributed by atoms with Gasteiger partial charge in [-0.25, -0.2) is 4.98 Å². The number of aromatic amines is 1. The first kappa shape index (κ1) is 20.9. The van der Waals surface area contributed by atoms with Crippen molar-refractivity contribution in [2.75, 3.05) is 16.4 Å². The van der Waals surface area contributed by atoms with E-state index in [9.17, 15) is 27.6 Å². The molecule has 0 spiro atoms. The highest BCUT2D eigenvalue weighted by molar-refractivity contribution is 7.99. The summed E-state index contributed by atoms with van der Waals surface area (Å²) < 4.78 is 38.6. The minimum atomic E-state index is -4.56. The highest BCUT2D eigenvalue weighted by atomic mass is 32.2. The van der Waals surface area contributed by atoms with Gasteiger partial charge in [0, 0.05) is 17.9 Å². The van der Waals surface area contributed by atoms with Crippen LogP contribution in [0, 0.1) is 0 Å². The average molecular weight is 426 g/mol. The monoisotopic (exact) mass is 426 g/mol. The predicted molar refractivity (Wildman–Crippen MR) is 102 cm³/mol. The van der Waals surface area contributed by atoms with E-state index in [2.05, 4.69) is 20.6 Å². The van der Waals surface area contributed by atoms with Gasteiger partial charge in [0.25, 0.3) is 5.56 Å². The molecule has 0 radical (unpaired) electrons. The van der Waals surface area contributed by atoms with Gasteiger partial charge < -0.3 is 15.6 Å². The third-order valence-electron chi connectivity index (χ3n) is 4.15. The predicted octanol–water partition coefficient (Wildman–Crippen LogP) is 3.36. The summed E-state index contributed by atoms with van der Waals surface area (Å²) in [6, 6.07) is 4.12. The van der Waals surface area contributed by atoms with Crippen molar-refractivity contribution in [1.29, 1.82) is 0 Å². The van der Waals surface area contributed by atoms with Gasteiger partial charge in [0.2, 0.25) is 11.8 Å². The zero-order valence-corrected chi connectivity index (χ0v) is 16.0. The molecule has 2 amide bonds. The van der Waals surface area contributed by atoms with Crippen molar-refractivity contribution >= 4 is 35.1 Å². The number of alkyl halides is 3. The van der Waals surface area contributed by atoms with Gasteiger partial charge in [-0.1, -0.05) is 24.8 Å². The number of hydrogen-bond acceptors (Lipinski definition) is 5. The number of carbonyl (C=O) groups excluding carboxylic acids is 2. The van der Waals surface area contributed by atoms with Crippen LogP contribution in [0.25, 0.3) is 0 Å². The van der Waals surface area contributed by atoms with Crippen LogP contribution < -0.4 is 16.2 Å². The molecule has 1 atom stereocenters. The largest absolute Gasteiger partial charge is 0.416 e. The molecule has 0 aliphatic carbocycles. The van der Waals surface area contributed by atoms with Crippen molar-refractivity contribution in [3.63, 3.8) is 0 Å². The number of halogens is 3. The van der Waals surface area contributed by atoms with Crippen molar-refractivity contribution < 1.29 is 22.8 Å². The number of amides is 2. The van der Waals surface area contributed by atoms with Gasteiger partial charge in [-0.2, -0.15) is 13.2 Å². The summed E-state index contributed by atoms with van der Waals surface area (Å²) in [5.74, 6) is -1.75. The summed E-state index contributed by atoms with van der Waals surface area (Å²) >= 11 is 1.30. The number of nitrogens with zero attached hydrogens (tertiary/aromatic N) is 1. The van der Waals surface area contributed by atoms with Crippen LogP contribution in [-0.4, -0.2) is 27.5 Å². The Labute approximate surface area is 167 Å². The number of hydrogen-bond donors (Lipinski definition) is 3. The molecule has 2 heterocycles. The second-order valence-electron chi connectivity index (χ2n) is 6.35. The fourth-order valence-electron chi connectivity index (χ4n) is 2.84. The number of thioether (sulfide) groups is 1. The Morgan fingerprint density at radius 3 is 2.79 bits per heavy atom. The maximum absolute atomic E-state index is 12.9. The van der Waals surface area contributed by atoms with Gasteiger partial charge in [-0.15, -0.1) is 0 Å². The molecule has 0 saturated carbocycles.